The van der Waals surface area contributed by atoms with Crippen LogP contribution in [-0.4, -0.2) is 58.9 Å². The lowest BCUT2D eigenvalue weighted by molar-refractivity contribution is 0.248. The molecule has 0 saturated carbocycles. The molecule has 10 heteroatoms. The summed E-state index contributed by atoms with van der Waals surface area (Å²) in [5.41, 5.74) is 3.95. The van der Waals surface area contributed by atoms with E-state index in [1.54, 1.807) is 29.3 Å². The Morgan fingerprint density at radius 2 is 1.76 bits per heavy atom. The van der Waals surface area contributed by atoms with E-state index in [-0.39, 0.29) is 0 Å². The molecule has 0 radical (unpaired) electrons. The van der Waals surface area contributed by atoms with Crippen LogP contribution in [0.25, 0.3) is 21.7 Å². The minimum Gasteiger partial charge on any atom is -0.493 e. The first-order chi connectivity index (χ1) is 22.2. The van der Waals surface area contributed by atoms with E-state index in [9.17, 15) is 5.26 Å². The summed E-state index contributed by atoms with van der Waals surface area (Å²) < 4.78 is 13.1. The largest absolute Gasteiger partial charge is 0.493 e. The fourth-order valence-corrected chi connectivity index (χ4v) is 7.98. The van der Waals surface area contributed by atoms with Gasteiger partial charge >= 0.3 is 0 Å². The monoisotopic (exact) mass is 651 g/mol. The number of nitrogens with one attached hydrogen (secondary N) is 1. The van der Waals surface area contributed by atoms with Gasteiger partial charge in [0, 0.05) is 54.7 Å². The first kappa shape index (κ1) is 31.0. The summed E-state index contributed by atoms with van der Waals surface area (Å²) in [7, 11) is 0. The predicted molar refractivity (Wildman–Crippen MR) is 187 cm³/mol. The van der Waals surface area contributed by atoms with Crippen LogP contribution in [0.2, 0.25) is 0 Å². The van der Waals surface area contributed by atoms with Gasteiger partial charge in [0.05, 0.1) is 27.0 Å². The Labute approximate surface area is 276 Å². The zero-order valence-electron chi connectivity index (χ0n) is 24.9. The van der Waals surface area contributed by atoms with Gasteiger partial charge in [-0.15, -0.1) is 23.1 Å². The fourth-order valence-electron chi connectivity index (χ4n) is 5.09. The third-order valence-electron chi connectivity index (χ3n) is 7.24. The van der Waals surface area contributed by atoms with Crippen molar-refractivity contribution in [2.45, 2.75) is 10.6 Å². The topological polar surface area (TPSA) is 83.3 Å². The summed E-state index contributed by atoms with van der Waals surface area (Å²) in [4.78, 5) is 12.8. The van der Waals surface area contributed by atoms with Crippen LogP contribution in [0.4, 0.5) is 11.6 Å². The van der Waals surface area contributed by atoms with Gasteiger partial charge in [-0.3, -0.25) is 0 Å². The molecular formula is C35H33N5O2S3. The first-order valence-electron chi connectivity index (χ1n) is 14.8. The Balaban J connectivity index is 1.21. The van der Waals surface area contributed by atoms with Crippen molar-refractivity contribution < 1.29 is 9.47 Å². The normalized spacial score (nSPS) is 13.2. The summed E-state index contributed by atoms with van der Waals surface area (Å²) in [6.07, 6.45) is 4.73. The lowest BCUT2D eigenvalue weighted by Crippen LogP contribution is -2.33. The molecular weight excluding hydrogens is 619 g/mol. The molecule has 7 nitrogen and oxygen atoms in total. The smallest absolute Gasteiger partial charge is 0.227 e. The number of nitrogens with zero attached hydrogens (tertiary/aromatic N) is 4. The number of ether oxygens (including phenoxy) is 2. The van der Waals surface area contributed by atoms with Gasteiger partial charge in [0.25, 0.3) is 0 Å². The number of hydrogen-bond donors (Lipinski definition) is 1. The molecule has 3 aromatic carbocycles. The van der Waals surface area contributed by atoms with Crippen molar-refractivity contribution in [1.29, 1.82) is 5.26 Å². The second kappa shape index (κ2) is 15.3. The van der Waals surface area contributed by atoms with E-state index in [2.05, 4.69) is 21.3 Å². The van der Waals surface area contributed by atoms with Crippen molar-refractivity contribution in [1.82, 2.24) is 14.9 Å². The van der Waals surface area contributed by atoms with Crippen molar-refractivity contribution in [2.75, 3.05) is 49.3 Å². The van der Waals surface area contributed by atoms with Gasteiger partial charge < -0.3 is 19.7 Å². The van der Waals surface area contributed by atoms with E-state index < -0.39 is 0 Å². The highest BCUT2D eigenvalue weighted by molar-refractivity contribution is 8.00. The SMILES string of the molecule is CSc1sc(-c2ccnc(Nc3cccc(OCCCN4CCSCC4)c3)n2)c(-c2cccc(Oc3ccccc3)c2)c1C#N. The maximum Gasteiger partial charge on any atom is 0.227 e. The maximum atomic E-state index is 10.2. The Kier molecular flexibility index (Phi) is 10.6. The van der Waals surface area contributed by atoms with E-state index in [1.807, 2.05) is 103 Å². The second-order valence-corrected chi connectivity index (χ2v) is 13.6. The van der Waals surface area contributed by atoms with Crippen LogP contribution in [0, 0.1) is 11.3 Å². The third-order valence-corrected chi connectivity index (χ3v) is 10.5. The summed E-state index contributed by atoms with van der Waals surface area (Å²) >= 11 is 5.16. The molecule has 6 rings (SSSR count). The van der Waals surface area contributed by atoms with Crippen LogP contribution >= 0.6 is 34.9 Å². The number of nitriles is 1. The highest BCUT2D eigenvalue weighted by Gasteiger charge is 2.22. The lowest BCUT2D eigenvalue weighted by Gasteiger charge is -2.25. The Morgan fingerprint density at radius 1 is 0.956 bits per heavy atom. The molecule has 0 atom stereocenters. The fraction of sp³-hybridized carbons (Fsp3) is 0.229. The molecule has 0 unspecified atom stereocenters. The average Bonchev–Trinajstić information content (AvgIpc) is 3.47. The van der Waals surface area contributed by atoms with Gasteiger partial charge in [0.1, 0.15) is 23.3 Å². The number of rotatable bonds is 12. The zero-order valence-corrected chi connectivity index (χ0v) is 27.4. The minimum atomic E-state index is 0.470. The summed E-state index contributed by atoms with van der Waals surface area (Å²) in [6, 6.07) is 29.7. The molecule has 1 N–H and O–H groups in total. The molecule has 1 aliphatic rings. The number of aromatic nitrogens is 2. The number of hydrogen-bond acceptors (Lipinski definition) is 10. The molecule has 1 fully saturated rings. The van der Waals surface area contributed by atoms with Crippen molar-refractivity contribution in [3.63, 3.8) is 0 Å². The molecule has 2 aromatic heterocycles. The van der Waals surface area contributed by atoms with Crippen molar-refractivity contribution in [2.24, 2.45) is 0 Å². The van der Waals surface area contributed by atoms with Crippen LogP contribution in [0.1, 0.15) is 12.0 Å². The summed E-state index contributed by atoms with van der Waals surface area (Å²) in [6.45, 7) is 4.08. The van der Waals surface area contributed by atoms with Gasteiger partial charge in [-0.1, -0.05) is 36.4 Å². The molecule has 0 bridgehead atoms. The summed E-state index contributed by atoms with van der Waals surface area (Å²) in [5.74, 6) is 5.18. The van der Waals surface area contributed by atoms with Crippen molar-refractivity contribution in [3.05, 3.63) is 96.7 Å². The molecule has 0 amide bonds. The van der Waals surface area contributed by atoms with E-state index in [0.717, 1.165) is 56.1 Å². The quantitative estimate of drug-likeness (QED) is 0.105. The van der Waals surface area contributed by atoms with E-state index >= 15 is 0 Å². The Bertz CT molecular complexity index is 1770. The molecule has 3 heterocycles. The summed E-state index contributed by atoms with van der Waals surface area (Å²) in [5, 5.41) is 13.6. The second-order valence-electron chi connectivity index (χ2n) is 10.3. The highest BCUT2D eigenvalue weighted by atomic mass is 32.2. The van der Waals surface area contributed by atoms with E-state index in [0.29, 0.717) is 23.9 Å². The van der Waals surface area contributed by atoms with Crippen LogP contribution in [0.15, 0.2) is 95.3 Å². The molecule has 0 spiro atoms. The van der Waals surface area contributed by atoms with Gasteiger partial charge in [0.15, 0.2) is 0 Å². The number of thiophene rings is 1. The Hall–Kier alpha value is -4.01. The standard InChI is InChI=1S/C35H33N5O2S3/c1-43-34-30(24-36)32(25-8-5-13-29(22-25)42-27-10-3-2-4-11-27)33(45-34)31-14-15-37-35(39-31)38-26-9-6-12-28(23-26)41-19-7-16-40-17-20-44-21-18-40/h2-6,8-15,22-23H,7,16-21H2,1H3,(H,37,38,39). The zero-order chi connectivity index (χ0) is 30.8. The number of anilines is 2. The molecule has 1 saturated heterocycles. The predicted octanol–water partition coefficient (Wildman–Crippen LogP) is 8.82. The van der Waals surface area contributed by atoms with Crippen LogP contribution in [0.5, 0.6) is 17.2 Å². The van der Waals surface area contributed by atoms with Crippen molar-refractivity contribution in [3.8, 4) is 45.0 Å². The van der Waals surface area contributed by atoms with Gasteiger partial charge in [-0.2, -0.15) is 17.0 Å². The molecule has 5 aromatic rings. The third kappa shape index (κ3) is 7.99. The number of benzene rings is 3. The minimum absolute atomic E-state index is 0.470. The molecule has 0 aliphatic carbocycles. The van der Waals surface area contributed by atoms with Gasteiger partial charge in [-0.05, 0) is 60.7 Å². The first-order valence-corrected chi connectivity index (χ1v) is 18.0. The number of thioether (sulfide) groups is 2. The molecule has 45 heavy (non-hydrogen) atoms. The highest BCUT2D eigenvalue weighted by Crippen LogP contribution is 2.46. The van der Waals surface area contributed by atoms with Crippen LogP contribution in [0.3, 0.4) is 0 Å². The van der Waals surface area contributed by atoms with Gasteiger partial charge in [-0.25, -0.2) is 9.97 Å². The van der Waals surface area contributed by atoms with Crippen LogP contribution < -0.4 is 14.8 Å². The van der Waals surface area contributed by atoms with E-state index in [4.69, 9.17) is 14.5 Å². The molecule has 1 aliphatic heterocycles. The number of para-hydroxylation sites is 1. The maximum absolute atomic E-state index is 10.2. The Morgan fingerprint density at radius 3 is 2.58 bits per heavy atom. The van der Waals surface area contributed by atoms with Crippen LogP contribution in [-0.2, 0) is 0 Å². The molecule has 228 valence electrons. The lowest BCUT2D eigenvalue weighted by atomic mass is 10.0. The average molecular weight is 652 g/mol. The van der Waals surface area contributed by atoms with Gasteiger partial charge in [0.2, 0.25) is 5.95 Å². The van der Waals surface area contributed by atoms with Crippen molar-refractivity contribution >= 4 is 46.5 Å². The van der Waals surface area contributed by atoms with E-state index in [1.165, 1.54) is 24.6 Å².